The SMILES string of the molecule is CCNC(=NCc1ccc(S(N)(=O)=O)cc1)NCc1ccccc1OC. The topological polar surface area (TPSA) is 106 Å². The van der Waals surface area contributed by atoms with E-state index in [1.165, 1.54) is 12.1 Å². The van der Waals surface area contributed by atoms with Gasteiger partial charge in [0.25, 0.3) is 0 Å². The lowest BCUT2D eigenvalue weighted by Crippen LogP contribution is -2.36. The second kappa shape index (κ2) is 9.21. The maximum absolute atomic E-state index is 11.3. The van der Waals surface area contributed by atoms with Gasteiger partial charge < -0.3 is 15.4 Å². The van der Waals surface area contributed by atoms with E-state index in [4.69, 9.17) is 9.88 Å². The molecule has 7 nitrogen and oxygen atoms in total. The fourth-order valence-electron chi connectivity index (χ4n) is 2.32. The molecule has 2 rings (SSSR count). The zero-order chi connectivity index (χ0) is 19.0. The van der Waals surface area contributed by atoms with E-state index in [9.17, 15) is 8.42 Å². The minimum atomic E-state index is -3.68. The van der Waals surface area contributed by atoms with E-state index in [1.54, 1.807) is 19.2 Å². The normalized spacial score (nSPS) is 11.9. The molecule has 0 aliphatic rings. The quantitative estimate of drug-likeness (QED) is 0.503. The van der Waals surface area contributed by atoms with E-state index >= 15 is 0 Å². The smallest absolute Gasteiger partial charge is 0.238 e. The summed E-state index contributed by atoms with van der Waals surface area (Å²) in [4.78, 5) is 4.61. The molecule has 0 saturated carbocycles. The summed E-state index contributed by atoms with van der Waals surface area (Å²) in [7, 11) is -2.04. The van der Waals surface area contributed by atoms with Crippen molar-refractivity contribution in [2.45, 2.75) is 24.9 Å². The first-order valence-electron chi connectivity index (χ1n) is 8.20. The van der Waals surface area contributed by atoms with E-state index in [-0.39, 0.29) is 4.90 Å². The maximum Gasteiger partial charge on any atom is 0.238 e. The van der Waals surface area contributed by atoms with Crippen LogP contribution in [0.25, 0.3) is 0 Å². The first-order valence-corrected chi connectivity index (χ1v) is 9.74. The van der Waals surface area contributed by atoms with Gasteiger partial charge in [-0.1, -0.05) is 30.3 Å². The minimum Gasteiger partial charge on any atom is -0.496 e. The van der Waals surface area contributed by atoms with Gasteiger partial charge in [-0.15, -0.1) is 0 Å². The highest BCUT2D eigenvalue weighted by molar-refractivity contribution is 7.89. The van der Waals surface area contributed by atoms with Gasteiger partial charge >= 0.3 is 0 Å². The lowest BCUT2D eigenvalue weighted by atomic mass is 10.2. The first kappa shape index (κ1) is 19.7. The Morgan fingerprint density at radius 3 is 2.42 bits per heavy atom. The Balaban J connectivity index is 2.04. The third kappa shape index (κ3) is 5.75. The third-order valence-corrected chi connectivity index (χ3v) is 4.58. The van der Waals surface area contributed by atoms with E-state index in [1.807, 2.05) is 31.2 Å². The number of hydrogen-bond acceptors (Lipinski definition) is 4. The summed E-state index contributed by atoms with van der Waals surface area (Å²) in [5.74, 6) is 1.48. The largest absolute Gasteiger partial charge is 0.496 e. The molecule has 0 bridgehead atoms. The molecule has 0 saturated heterocycles. The second-order valence-electron chi connectivity index (χ2n) is 5.55. The van der Waals surface area contributed by atoms with Gasteiger partial charge in [0, 0.05) is 18.7 Å². The van der Waals surface area contributed by atoms with Crippen molar-refractivity contribution in [3.8, 4) is 5.75 Å². The molecule has 0 fully saturated rings. The van der Waals surface area contributed by atoms with Crippen molar-refractivity contribution < 1.29 is 13.2 Å². The first-order chi connectivity index (χ1) is 12.4. The molecule has 0 amide bonds. The predicted octanol–water partition coefficient (Wildman–Crippen LogP) is 1.60. The molecule has 4 N–H and O–H groups in total. The van der Waals surface area contributed by atoms with Gasteiger partial charge in [-0.3, -0.25) is 0 Å². The predicted molar refractivity (Wildman–Crippen MR) is 102 cm³/mol. The van der Waals surface area contributed by atoms with E-state index in [0.29, 0.717) is 19.0 Å². The van der Waals surface area contributed by atoms with Crippen molar-refractivity contribution in [1.29, 1.82) is 0 Å². The number of rotatable bonds is 7. The van der Waals surface area contributed by atoms with Gasteiger partial charge in [0.15, 0.2) is 5.96 Å². The lowest BCUT2D eigenvalue weighted by molar-refractivity contribution is 0.409. The molecule has 2 aromatic carbocycles. The standard InChI is InChI=1S/C18H24N4O3S/c1-3-20-18(22-13-15-6-4-5-7-17(15)25-2)21-12-14-8-10-16(11-9-14)26(19,23)24/h4-11H,3,12-13H2,1-2H3,(H2,19,23,24)(H2,20,21,22). The van der Waals surface area contributed by atoms with Crippen LogP contribution in [0.3, 0.4) is 0 Å². The van der Waals surface area contributed by atoms with Gasteiger partial charge in [-0.05, 0) is 30.7 Å². The Hall–Kier alpha value is -2.58. The number of nitrogens with zero attached hydrogens (tertiary/aromatic N) is 1. The van der Waals surface area contributed by atoms with Crippen LogP contribution in [0.15, 0.2) is 58.4 Å². The van der Waals surface area contributed by atoms with Gasteiger partial charge in [-0.2, -0.15) is 0 Å². The van der Waals surface area contributed by atoms with Crippen LogP contribution in [-0.4, -0.2) is 28.0 Å². The summed E-state index contributed by atoms with van der Waals surface area (Å²) in [6.07, 6.45) is 0. The minimum absolute atomic E-state index is 0.0893. The van der Waals surface area contributed by atoms with Crippen LogP contribution in [0.4, 0.5) is 0 Å². The number of benzene rings is 2. The molecule has 0 radical (unpaired) electrons. The Bertz CT molecular complexity index is 849. The van der Waals surface area contributed by atoms with Gasteiger partial charge in [0.1, 0.15) is 5.75 Å². The Morgan fingerprint density at radius 2 is 1.81 bits per heavy atom. The van der Waals surface area contributed by atoms with Crippen molar-refractivity contribution in [2.24, 2.45) is 10.1 Å². The Morgan fingerprint density at radius 1 is 1.12 bits per heavy atom. The Labute approximate surface area is 154 Å². The van der Waals surface area contributed by atoms with Crippen LogP contribution in [0.2, 0.25) is 0 Å². The molecule has 0 atom stereocenters. The number of ether oxygens (including phenoxy) is 1. The molecule has 0 aliphatic carbocycles. The summed E-state index contributed by atoms with van der Waals surface area (Å²) in [6.45, 7) is 3.69. The van der Waals surface area contributed by atoms with Crippen LogP contribution >= 0.6 is 0 Å². The third-order valence-electron chi connectivity index (χ3n) is 3.65. The van der Waals surface area contributed by atoms with Gasteiger partial charge in [-0.25, -0.2) is 18.5 Å². The number of methoxy groups -OCH3 is 1. The van der Waals surface area contributed by atoms with Crippen LogP contribution in [0.1, 0.15) is 18.1 Å². The lowest BCUT2D eigenvalue weighted by Gasteiger charge is -2.13. The van der Waals surface area contributed by atoms with Crippen molar-refractivity contribution in [2.75, 3.05) is 13.7 Å². The summed E-state index contributed by atoms with van der Waals surface area (Å²) >= 11 is 0. The molecule has 2 aromatic rings. The van der Waals surface area contributed by atoms with E-state index in [2.05, 4.69) is 15.6 Å². The highest BCUT2D eigenvalue weighted by Gasteiger charge is 2.07. The van der Waals surface area contributed by atoms with Crippen LogP contribution in [0, 0.1) is 0 Å². The van der Waals surface area contributed by atoms with Crippen molar-refractivity contribution in [1.82, 2.24) is 10.6 Å². The molecule has 0 aliphatic heterocycles. The highest BCUT2D eigenvalue weighted by Crippen LogP contribution is 2.16. The summed E-state index contributed by atoms with van der Waals surface area (Å²) in [5, 5.41) is 11.5. The van der Waals surface area contributed by atoms with Crippen molar-refractivity contribution >= 4 is 16.0 Å². The molecular weight excluding hydrogens is 352 g/mol. The molecule has 0 aromatic heterocycles. The van der Waals surface area contributed by atoms with Crippen LogP contribution in [0.5, 0.6) is 5.75 Å². The van der Waals surface area contributed by atoms with Crippen LogP contribution in [-0.2, 0) is 23.1 Å². The highest BCUT2D eigenvalue weighted by atomic mass is 32.2. The molecule has 0 unspecified atom stereocenters. The molecule has 0 spiro atoms. The number of nitrogens with two attached hydrogens (primary N) is 1. The number of primary sulfonamides is 1. The number of para-hydroxylation sites is 1. The average molecular weight is 376 g/mol. The number of aliphatic imine (C=N–C) groups is 1. The number of guanidine groups is 1. The summed E-state index contributed by atoms with van der Waals surface area (Å²) < 4.78 is 27.9. The van der Waals surface area contributed by atoms with Gasteiger partial charge in [0.2, 0.25) is 10.0 Å². The molecule has 26 heavy (non-hydrogen) atoms. The fraction of sp³-hybridized carbons (Fsp3) is 0.278. The molecule has 8 heteroatoms. The fourth-order valence-corrected chi connectivity index (χ4v) is 2.84. The number of hydrogen-bond donors (Lipinski definition) is 3. The average Bonchev–Trinajstić information content (AvgIpc) is 2.64. The van der Waals surface area contributed by atoms with Crippen LogP contribution < -0.4 is 20.5 Å². The van der Waals surface area contributed by atoms with Crippen molar-refractivity contribution in [3.05, 3.63) is 59.7 Å². The molecule has 0 heterocycles. The van der Waals surface area contributed by atoms with Gasteiger partial charge in [0.05, 0.1) is 18.6 Å². The van der Waals surface area contributed by atoms with Crippen molar-refractivity contribution in [3.63, 3.8) is 0 Å². The maximum atomic E-state index is 11.3. The number of nitrogens with one attached hydrogen (secondary N) is 2. The van der Waals surface area contributed by atoms with E-state index in [0.717, 1.165) is 23.4 Å². The van der Waals surface area contributed by atoms with E-state index < -0.39 is 10.0 Å². The summed E-state index contributed by atoms with van der Waals surface area (Å²) in [6, 6.07) is 14.1. The zero-order valence-electron chi connectivity index (χ0n) is 14.9. The molecule has 140 valence electrons. The number of sulfonamides is 1. The summed E-state index contributed by atoms with van der Waals surface area (Å²) in [5.41, 5.74) is 1.91. The Kier molecular flexibility index (Phi) is 6.99. The molecular formula is C18H24N4O3S. The zero-order valence-corrected chi connectivity index (χ0v) is 15.7. The monoisotopic (exact) mass is 376 g/mol. The second-order valence-corrected chi connectivity index (χ2v) is 7.11.